The highest BCUT2D eigenvalue weighted by Crippen LogP contribution is 2.38. The molecule has 1 heterocycles. The number of rotatable bonds is 3. The fourth-order valence-corrected chi connectivity index (χ4v) is 2.32. The molecule has 0 bridgehead atoms. The fraction of sp³-hybridized carbons (Fsp3) is 0.231. The Labute approximate surface area is 123 Å². The molecule has 0 atom stereocenters. The van der Waals surface area contributed by atoms with Crippen LogP contribution in [0.15, 0.2) is 29.2 Å². The van der Waals surface area contributed by atoms with Gasteiger partial charge in [-0.2, -0.15) is 18.3 Å². The van der Waals surface area contributed by atoms with E-state index in [2.05, 4.69) is 15.5 Å². The summed E-state index contributed by atoms with van der Waals surface area (Å²) in [4.78, 5) is 12.0. The van der Waals surface area contributed by atoms with E-state index in [0.29, 0.717) is 5.82 Å². The first-order chi connectivity index (χ1) is 9.78. The van der Waals surface area contributed by atoms with Gasteiger partial charge in [0.05, 0.1) is 5.56 Å². The van der Waals surface area contributed by atoms with Crippen molar-refractivity contribution in [3.05, 3.63) is 41.1 Å². The summed E-state index contributed by atoms with van der Waals surface area (Å²) in [6.45, 7) is 3.54. The van der Waals surface area contributed by atoms with E-state index >= 15 is 0 Å². The maximum atomic E-state index is 12.5. The minimum Gasteiger partial charge on any atom is -0.305 e. The summed E-state index contributed by atoms with van der Waals surface area (Å²) in [6, 6.07) is 5.57. The van der Waals surface area contributed by atoms with Crippen molar-refractivity contribution < 1.29 is 18.0 Å². The Kier molecular flexibility index (Phi) is 4.26. The van der Waals surface area contributed by atoms with E-state index in [1.165, 1.54) is 24.3 Å². The lowest BCUT2D eigenvalue weighted by atomic mass is 10.2. The molecule has 112 valence electrons. The highest BCUT2D eigenvalue weighted by Gasteiger charge is 2.31. The Bertz CT molecular complexity index is 667. The molecule has 2 rings (SSSR count). The molecule has 0 saturated carbocycles. The molecule has 21 heavy (non-hydrogen) atoms. The van der Waals surface area contributed by atoms with Gasteiger partial charge in [0.25, 0.3) is 5.91 Å². The largest absolute Gasteiger partial charge is 0.446 e. The molecule has 0 spiro atoms. The van der Waals surface area contributed by atoms with Crippen LogP contribution in [0.4, 0.5) is 19.0 Å². The molecule has 0 fully saturated rings. The summed E-state index contributed by atoms with van der Waals surface area (Å²) in [7, 11) is 0. The van der Waals surface area contributed by atoms with Crippen LogP contribution >= 0.6 is 11.8 Å². The van der Waals surface area contributed by atoms with Crippen LogP contribution in [-0.2, 0) is 0 Å². The quantitative estimate of drug-likeness (QED) is 0.845. The molecule has 0 aliphatic heterocycles. The van der Waals surface area contributed by atoms with Crippen molar-refractivity contribution in [2.45, 2.75) is 24.3 Å². The van der Waals surface area contributed by atoms with Gasteiger partial charge in [-0.3, -0.25) is 9.89 Å². The highest BCUT2D eigenvalue weighted by molar-refractivity contribution is 8.00. The zero-order valence-electron chi connectivity index (χ0n) is 11.2. The van der Waals surface area contributed by atoms with E-state index in [0.717, 1.165) is 11.3 Å². The summed E-state index contributed by atoms with van der Waals surface area (Å²) in [5.74, 6) is -0.318. The molecule has 0 saturated heterocycles. The average molecular weight is 315 g/mol. The van der Waals surface area contributed by atoms with Gasteiger partial charge in [0.1, 0.15) is 0 Å². The van der Waals surface area contributed by atoms with Crippen molar-refractivity contribution in [2.24, 2.45) is 0 Å². The second-order valence-electron chi connectivity index (χ2n) is 4.32. The number of aryl methyl sites for hydroxylation is 1. The number of thioether (sulfide) groups is 1. The molecule has 0 aliphatic carbocycles. The maximum Gasteiger partial charge on any atom is 0.446 e. The number of amides is 1. The van der Waals surface area contributed by atoms with Crippen molar-refractivity contribution in [2.75, 3.05) is 5.32 Å². The highest BCUT2D eigenvalue weighted by atomic mass is 32.2. The van der Waals surface area contributed by atoms with Crippen molar-refractivity contribution in [3.8, 4) is 0 Å². The maximum absolute atomic E-state index is 12.5. The summed E-state index contributed by atoms with van der Waals surface area (Å²) >= 11 is -0.313. The fourth-order valence-electron chi connectivity index (χ4n) is 1.65. The lowest BCUT2D eigenvalue weighted by Crippen LogP contribution is -2.15. The van der Waals surface area contributed by atoms with Gasteiger partial charge >= 0.3 is 5.51 Å². The zero-order valence-corrected chi connectivity index (χ0v) is 12.0. The Morgan fingerprint density at radius 2 is 1.95 bits per heavy atom. The van der Waals surface area contributed by atoms with Gasteiger partial charge < -0.3 is 5.32 Å². The summed E-state index contributed by atoms with van der Waals surface area (Å²) in [6.07, 6.45) is 0. The van der Waals surface area contributed by atoms with E-state index in [4.69, 9.17) is 0 Å². The van der Waals surface area contributed by atoms with Crippen LogP contribution in [-0.4, -0.2) is 21.6 Å². The number of hydrogen-bond donors (Lipinski definition) is 2. The molecule has 0 aliphatic rings. The minimum absolute atomic E-state index is 0.0418. The average Bonchev–Trinajstić information content (AvgIpc) is 2.69. The second-order valence-corrected chi connectivity index (χ2v) is 5.43. The minimum atomic E-state index is -4.45. The smallest absolute Gasteiger partial charge is 0.305 e. The standard InChI is InChI=1S/C13H12F3N3OS/c1-7-8(2)18-19-11(7)17-12(20)9-5-3-4-6-10(9)21-13(14,15)16/h3-6H,1-2H3,(H2,17,18,19,20). The van der Waals surface area contributed by atoms with Gasteiger partial charge in [0.15, 0.2) is 5.82 Å². The summed E-state index contributed by atoms with van der Waals surface area (Å²) in [5.41, 5.74) is -2.97. The normalized spacial score (nSPS) is 11.5. The summed E-state index contributed by atoms with van der Waals surface area (Å²) < 4.78 is 37.5. The predicted molar refractivity (Wildman–Crippen MR) is 74.4 cm³/mol. The van der Waals surface area contributed by atoms with Crippen molar-refractivity contribution >= 4 is 23.5 Å². The lowest BCUT2D eigenvalue weighted by Gasteiger charge is -2.10. The molecule has 8 heteroatoms. The molecule has 2 aromatic rings. The van der Waals surface area contributed by atoms with Gasteiger partial charge in [-0.1, -0.05) is 12.1 Å². The third kappa shape index (κ3) is 3.78. The number of carbonyl (C=O) groups is 1. The Morgan fingerprint density at radius 3 is 2.52 bits per heavy atom. The zero-order chi connectivity index (χ0) is 15.6. The van der Waals surface area contributed by atoms with Crippen LogP contribution < -0.4 is 5.32 Å². The number of aromatic amines is 1. The second kappa shape index (κ2) is 5.80. The molecule has 4 nitrogen and oxygen atoms in total. The van der Waals surface area contributed by atoms with Crippen molar-refractivity contribution in [1.29, 1.82) is 0 Å². The number of carbonyl (C=O) groups excluding carboxylic acids is 1. The SMILES string of the molecule is Cc1[nH]nc(NC(=O)c2ccccc2SC(F)(F)F)c1C. The van der Waals surface area contributed by atoms with E-state index < -0.39 is 11.4 Å². The van der Waals surface area contributed by atoms with Crippen molar-refractivity contribution in [1.82, 2.24) is 10.2 Å². The first-order valence-electron chi connectivity index (χ1n) is 5.95. The van der Waals surface area contributed by atoms with E-state index in [1.54, 1.807) is 13.8 Å². The third-order valence-corrected chi connectivity index (χ3v) is 3.65. The summed E-state index contributed by atoms with van der Waals surface area (Å²) in [5, 5.41) is 9.11. The lowest BCUT2D eigenvalue weighted by molar-refractivity contribution is -0.0328. The first-order valence-corrected chi connectivity index (χ1v) is 6.77. The number of H-pyrrole nitrogens is 1. The molecule has 0 radical (unpaired) electrons. The molecule has 1 amide bonds. The number of anilines is 1. The number of benzene rings is 1. The monoisotopic (exact) mass is 315 g/mol. The third-order valence-electron chi connectivity index (χ3n) is 2.84. The Hall–Kier alpha value is -1.96. The van der Waals surface area contributed by atoms with Crippen LogP contribution in [0.1, 0.15) is 21.6 Å². The van der Waals surface area contributed by atoms with Crippen LogP contribution in [0.2, 0.25) is 0 Å². The van der Waals surface area contributed by atoms with Gasteiger partial charge in [-0.05, 0) is 37.7 Å². The van der Waals surface area contributed by atoms with Gasteiger partial charge in [0, 0.05) is 16.2 Å². The Balaban J connectivity index is 2.25. The first kappa shape index (κ1) is 15.4. The topological polar surface area (TPSA) is 57.8 Å². The van der Waals surface area contributed by atoms with Crippen LogP contribution in [0.3, 0.4) is 0 Å². The van der Waals surface area contributed by atoms with E-state index in [1.807, 2.05) is 0 Å². The number of nitrogens with one attached hydrogen (secondary N) is 2. The molecule has 0 unspecified atom stereocenters. The van der Waals surface area contributed by atoms with Crippen LogP contribution in [0, 0.1) is 13.8 Å². The predicted octanol–water partition coefficient (Wildman–Crippen LogP) is 3.89. The van der Waals surface area contributed by atoms with Crippen LogP contribution in [0.25, 0.3) is 0 Å². The number of nitrogens with zero attached hydrogens (tertiary/aromatic N) is 1. The van der Waals surface area contributed by atoms with E-state index in [9.17, 15) is 18.0 Å². The van der Waals surface area contributed by atoms with Crippen molar-refractivity contribution in [3.63, 3.8) is 0 Å². The number of alkyl halides is 3. The Morgan fingerprint density at radius 1 is 1.29 bits per heavy atom. The van der Waals surface area contributed by atoms with Gasteiger partial charge in [0.2, 0.25) is 0 Å². The van der Waals surface area contributed by atoms with Gasteiger partial charge in [-0.15, -0.1) is 0 Å². The molecular formula is C13H12F3N3OS. The molecular weight excluding hydrogens is 303 g/mol. The number of hydrogen-bond acceptors (Lipinski definition) is 3. The van der Waals surface area contributed by atoms with E-state index in [-0.39, 0.29) is 22.2 Å². The number of halogens is 3. The van der Waals surface area contributed by atoms with Gasteiger partial charge in [-0.25, -0.2) is 0 Å². The molecule has 2 N–H and O–H groups in total. The number of aromatic nitrogens is 2. The molecule has 1 aromatic heterocycles. The molecule has 1 aromatic carbocycles. The van der Waals surface area contributed by atoms with Crippen LogP contribution in [0.5, 0.6) is 0 Å².